The fourth-order valence-electron chi connectivity index (χ4n) is 1.99. The predicted molar refractivity (Wildman–Crippen MR) is 96.2 cm³/mol. The number of hydrogen-bond acceptors (Lipinski definition) is 2. The maximum absolute atomic E-state index is 12.4. The monoisotopic (exact) mass is 394 g/mol. The molecule has 0 atom stereocenters. The van der Waals surface area contributed by atoms with Crippen molar-refractivity contribution in [2.75, 3.05) is 11.9 Å². The van der Waals surface area contributed by atoms with Crippen molar-refractivity contribution in [3.63, 3.8) is 0 Å². The lowest BCUT2D eigenvalue weighted by Crippen LogP contribution is -2.26. The van der Waals surface area contributed by atoms with E-state index in [2.05, 4.69) is 26.6 Å². The van der Waals surface area contributed by atoms with Crippen molar-refractivity contribution in [2.24, 2.45) is 0 Å². The number of amides is 2. The molecule has 0 saturated carbocycles. The molecular weight excluding hydrogens is 380 g/mol. The summed E-state index contributed by atoms with van der Waals surface area (Å²) in [6.45, 7) is 2.54. The van der Waals surface area contributed by atoms with Gasteiger partial charge in [0.25, 0.3) is 11.8 Å². The van der Waals surface area contributed by atoms with Gasteiger partial charge in [0, 0.05) is 16.0 Å². The summed E-state index contributed by atoms with van der Waals surface area (Å²) in [5, 5.41) is 5.99. The molecule has 2 amide bonds. The van der Waals surface area contributed by atoms with Crippen LogP contribution in [0.3, 0.4) is 0 Å². The van der Waals surface area contributed by atoms with Gasteiger partial charge in [-0.15, -0.1) is 0 Å². The van der Waals surface area contributed by atoms with Crippen LogP contribution in [-0.4, -0.2) is 18.4 Å². The molecule has 0 spiro atoms. The van der Waals surface area contributed by atoms with Crippen LogP contribution in [0, 0.1) is 0 Å². The molecule has 0 heterocycles. The van der Waals surface area contributed by atoms with Gasteiger partial charge in [0.1, 0.15) is 0 Å². The molecule has 0 fully saturated rings. The Morgan fingerprint density at radius 1 is 1.09 bits per heavy atom. The number of anilines is 1. The van der Waals surface area contributed by atoms with Crippen LogP contribution in [0.5, 0.6) is 0 Å². The Morgan fingerprint density at radius 2 is 1.83 bits per heavy atom. The quantitative estimate of drug-likeness (QED) is 0.783. The number of carbonyl (C=O) groups is 2. The normalized spacial score (nSPS) is 10.2. The van der Waals surface area contributed by atoms with E-state index in [0.29, 0.717) is 32.9 Å². The second-order valence-electron chi connectivity index (χ2n) is 4.88. The minimum Gasteiger partial charge on any atom is -0.352 e. The third-order valence-electron chi connectivity index (χ3n) is 3.13. The number of benzene rings is 2. The highest BCUT2D eigenvalue weighted by molar-refractivity contribution is 9.10. The van der Waals surface area contributed by atoms with E-state index in [1.165, 1.54) is 0 Å². The zero-order chi connectivity index (χ0) is 16.8. The summed E-state index contributed by atoms with van der Waals surface area (Å²) >= 11 is 9.33. The Bertz CT molecular complexity index is 734. The predicted octanol–water partition coefficient (Wildman–Crippen LogP) is 4.49. The lowest BCUT2D eigenvalue weighted by Gasteiger charge is -2.12. The van der Waals surface area contributed by atoms with E-state index in [1.54, 1.807) is 36.4 Å². The summed E-state index contributed by atoms with van der Waals surface area (Å²) in [7, 11) is 0. The Kier molecular flexibility index (Phi) is 6.19. The molecule has 0 saturated heterocycles. The smallest absolute Gasteiger partial charge is 0.256 e. The first-order chi connectivity index (χ1) is 11.0. The Balaban J connectivity index is 2.28. The maximum atomic E-state index is 12.4. The molecule has 0 aliphatic heterocycles. The van der Waals surface area contributed by atoms with Crippen LogP contribution in [0.4, 0.5) is 5.69 Å². The molecule has 120 valence electrons. The van der Waals surface area contributed by atoms with Crippen molar-refractivity contribution in [1.82, 2.24) is 5.32 Å². The largest absolute Gasteiger partial charge is 0.352 e. The van der Waals surface area contributed by atoms with Crippen molar-refractivity contribution < 1.29 is 9.59 Å². The topological polar surface area (TPSA) is 58.2 Å². The average molecular weight is 396 g/mol. The number of nitrogens with one attached hydrogen (secondary N) is 2. The van der Waals surface area contributed by atoms with E-state index in [-0.39, 0.29) is 11.8 Å². The number of hydrogen-bond donors (Lipinski definition) is 2. The number of rotatable bonds is 5. The minimum absolute atomic E-state index is 0.244. The summed E-state index contributed by atoms with van der Waals surface area (Å²) < 4.78 is 0.677. The van der Waals surface area contributed by atoms with E-state index < -0.39 is 0 Å². The van der Waals surface area contributed by atoms with E-state index in [1.807, 2.05) is 13.0 Å². The van der Waals surface area contributed by atoms with Gasteiger partial charge in [-0.1, -0.05) is 30.7 Å². The van der Waals surface area contributed by atoms with Crippen molar-refractivity contribution in [2.45, 2.75) is 13.3 Å². The highest BCUT2D eigenvalue weighted by atomic mass is 79.9. The fourth-order valence-corrected chi connectivity index (χ4v) is 2.62. The molecule has 6 heteroatoms. The highest BCUT2D eigenvalue weighted by Gasteiger charge is 2.16. The zero-order valence-electron chi connectivity index (χ0n) is 12.5. The second kappa shape index (κ2) is 8.13. The van der Waals surface area contributed by atoms with Crippen LogP contribution < -0.4 is 10.6 Å². The minimum atomic E-state index is -0.315. The van der Waals surface area contributed by atoms with Crippen LogP contribution >= 0.6 is 27.5 Å². The standard InChI is InChI=1S/C17H16BrClN2O2/c1-2-9-20-16(22)13-8-7-11(19)10-15(13)21-17(23)12-5-3-4-6-14(12)18/h3-8,10H,2,9H2,1H3,(H,20,22)(H,21,23). The van der Waals surface area contributed by atoms with Crippen LogP contribution in [-0.2, 0) is 0 Å². The molecule has 0 aliphatic rings. The third kappa shape index (κ3) is 4.56. The molecule has 4 nitrogen and oxygen atoms in total. The lowest BCUT2D eigenvalue weighted by atomic mass is 10.1. The maximum Gasteiger partial charge on any atom is 0.256 e. The van der Waals surface area contributed by atoms with Crippen LogP contribution in [0.25, 0.3) is 0 Å². The Labute approximate surface area is 148 Å². The van der Waals surface area contributed by atoms with Gasteiger partial charge in [0.2, 0.25) is 0 Å². The third-order valence-corrected chi connectivity index (χ3v) is 4.06. The van der Waals surface area contributed by atoms with Gasteiger partial charge in [0.05, 0.1) is 16.8 Å². The fraction of sp³-hybridized carbons (Fsp3) is 0.176. The van der Waals surface area contributed by atoms with Gasteiger partial charge in [0.15, 0.2) is 0 Å². The van der Waals surface area contributed by atoms with E-state index >= 15 is 0 Å². The van der Waals surface area contributed by atoms with Gasteiger partial charge in [-0.2, -0.15) is 0 Å². The first-order valence-corrected chi connectivity index (χ1v) is 8.33. The first kappa shape index (κ1) is 17.5. The molecule has 23 heavy (non-hydrogen) atoms. The summed E-state index contributed by atoms with van der Waals surface area (Å²) in [5.74, 6) is -0.560. The zero-order valence-corrected chi connectivity index (χ0v) is 14.9. The number of carbonyl (C=O) groups excluding carboxylic acids is 2. The molecule has 0 bridgehead atoms. The molecule has 2 aromatic rings. The summed E-state index contributed by atoms with van der Waals surface area (Å²) in [5.41, 5.74) is 1.24. The van der Waals surface area contributed by atoms with Gasteiger partial charge in [-0.25, -0.2) is 0 Å². The van der Waals surface area contributed by atoms with Crippen LogP contribution in [0.2, 0.25) is 5.02 Å². The average Bonchev–Trinajstić information content (AvgIpc) is 2.53. The molecule has 0 aromatic heterocycles. The van der Waals surface area contributed by atoms with Gasteiger partial charge in [-0.05, 0) is 52.7 Å². The van der Waals surface area contributed by atoms with Crippen LogP contribution in [0.15, 0.2) is 46.9 Å². The molecule has 0 unspecified atom stereocenters. The molecule has 0 radical (unpaired) electrons. The van der Waals surface area contributed by atoms with Gasteiger partial charge >= 0.3 is 0 Å². The molecule has 2 N–H and O–H groups in total. The van der Waals surface area contributed by atoms with E-state index in [9.17, 15) is 9.59 Å². The van der Waals surface area contributed by atoms with Crippen molar-refractivity contribution in [3.8, 4) is 0 Å². The van der Waals surface area contributed by atoms with Crippen molar-refractivity contribution in [3.05, 3.63) is 63.1 Å². The summed E-state index contributed by atoms with van der Waals surface area (Å²) in [4.78, 5) is 24.6. The number of halogens is 2. The van der Waals surface area contributed by atoms with Crippen molar-refractivity contribution in [1.29, 1.82) is 0 Å². The molecular formula is C17H16BrClN2O2. The second-order valence-corrected chi connectivity index (χ2v) is 6.17. The first-order valence-electron chi connectivity index (χ1n) is 7.16. The molecule has 2 aromatic carbocycles. The molecule has 2 rings (SSSR count). The SMILES string of the molecule is CCCNC(=O)c1ccc(Cl)cc1NC(=O)c1ccccc1Br. The Morgan fingerprint density at radius 3 is 2.52 bits per heavy atom. The van der Waals surface area contributed by atoms with Gasteiger partial charge < -0.3 is 10.6 Å². The highest BCUT2D eigenvalue weighted by Crippen LogP contribution is 2.23. The molecule has 0 aliphatic carbocycles. The summed E-state index contributed by atoms with van der Waals surface area (Å²) in [6.07, 6.45) is 0.831. The van der Waals surface area contributed by atoms with E-state index in [4.69, 9.17) is 11.6 Å². The lowest BCUT2D eigenvalue weighted by molar-refractivity contribution is 0.0954. The summed E-state index contributed by atoms with van der Waals surface area (Å²) in [6, 6.07) is 11.9. The van der Waals surface area contributed by atoms with Crippen molar-refractivity contribution >= 4 is 45.0 Å². The Hall–Kier alpha value is -1.85. The van der Waals surface area contributed by atoms with Crippen LogP contribution in [0.1, 0.15) is 34.1 Å². The van der Waals surface area contributed by atoms with E-state index in [0.717, 1.165) is 6.42 Å². The van der Waals surface area contributed by atoms with Gasteiger partial charge in [-0.3, -0.25) is 9.59 Å².